The van der Waals surface area contributed by atoms with Gasteiger partial charge in [-0.25, -0.2) is 4.79 Å². The highest BCUT2D eigenvalue weighted by Crippen LogP contribution is 2.21. The van der Waals surface area contributed by atoms with Gasteiger partial charge in [-0.3, -0.25) is 4.79 Å². The average molecular weight is 287 g/mol. The highest BCUT2D eigenvalue weighted by Gasteiger charge is 2.46. The van der Waals surface area contributed by atoms with Gasteiger partial charge in [0.05, 0.1) is 6.21 Å². The fourth-order valence-corrected chi connectivity index (χ4v) is 2.52. The van der Waals surface area contributed by atoms with E-state index in [4.69, 9.17) is 0 Å². The highest BCUT2D eigenvalue weighted by molar-refractivity contribution is 6.07. The zero-order valence-electron chi connectivity index (χ0n) is 13.2. The standard InChI is InChI=1S/C16H21N3O2/c1-6-16(5)14(20)19(15(21)18-16)17-9-13-11(3)7-10(2)8-12(13)4/h7-9H,6H2,1-5H3,(H,18,21)/b17-9-/t16-/m0/s1. The molecule has 0 spiro atoms. The molecule has 1 aliphatic heterocycles. The van der Waals surface area contributed by atoms with Gasteiger partial charge in [-0.2, -0.15) is 5.10 Å². The minimum Gasteiger partial charge on any atom is -0.322 e. The molecule has 112 valence electrons. The number of hydrazone groups is 1. The fraction of sp³-hybridized carbons (Fsp3) is 0.438. The third kappa shape index (κ3) is 2.68. The van der Waals surface area contributed by atoms with Crippen molar-refractivity contribution in [3.05, 3.63) is 34.4 Å². The summed E-state index contributed by atoms with van der Waals surface area (Å²) in [4.78, 5) is 24.1. The van der Waals surface area contributed by atoms with Crippen molar-refractivity contribution in [3.63, 3.8) is 0 Å². The molecule has 0 unspecified atom stereocenters. The van der Waals surface area contributed by atoms with Crippen molar-refractivity contribution in [2.75, 3.05) is 0 Å². The van der Waals surface area contributed by atoms with E-state index < -0.39 is 11.6 Å². The normalized spacial score (nSPS) is 22.2. The minimum atomic E-state index is -0.855. The molecule has 2 rings (SSSR count). The molecular weight excluding hydrogens is 266 g/mol. The molecule has 1 atom stereocenters. The number of hydrogen-bond donors (Lipinski definition) is 1. The maximum Gasteiger partial charge on any atom is 0.346 e. The van der Waals surface area contributed by atoms with Crippen LogP contribution in [0.4, 0.5) is 4.79 Å². The van der Waals surface area contributed by atoms with Gasteiger partial charge in [-0.1, -0.05) is 24.6 Å². The number of carbonyl (C=O) groups is 2. The quantitative estimate of drug-likeness (QED) is 0.686. The summed E-state index contributed by atoms with van der Waals surface area (Å²) in [5.74, 6) is -0.311. The van der Waals surface area contributed by atoms with E-state index in [0.717, 1.165) is 21.7 Å². The van der Waals surface area contributed by atoms with Crippen LogP contribution in [0.5, 0.6) is 0 Å². The Morgan fingerprint density at radius 2 is 1.81 bits per heavy atom. The second-order valence-electron chi connectivity index (χ2n) is 5.79. The number of urea groups is 1. The zero-order valence-corrected chi connectivity index (χ0v) is 13.2. The van der Waals surface area contributed by atoms with Crippen molar-refractivity contribution < 1.29 is 9.59 Å². The zero-order chi connectivity index (χ0) is 15.8. The molecule has 0 aromatic heterocycles. The van der Waals surface area contributed by atoms with E-state index in [0.29, 0.717) is 6.42 Å². The molecule has 21 heavy (non-hydrogen) atoms. The number of aryl methyl sites for hydroxylation is 3. The molecule has 1 aromatic rings. The number of amides is 3. The summed E-state index contributed by atoms with van der Waals surface area (Å²) >= 11 is 0. The van der Waals surface area contributed by atoms with Crippen LogP contribution >= 0.6 is 0 Å². The lowest BCUT2D eigenvalue weighted by Crippen LogP contribution is -2.42. The Morgan fingerprint density at radius 1 is 1.24 bits per heavy atom. The van der Waals surface area contributed by atoms with Gasteiger partial charge >= 0.3 is 6.03 Å². The van der Waals surface area contributed by atoms with Crippen molar-refractivity contribution in [2.24, 2.45) is 5.10 Å². The molecule has 5 heteroatoms. The Hall–Kier alpha value is -2.17. The van der Waals surface area contributed by atoms with Crippen LogP contribution in [0.1, 0.15) is 42.5 Å². The molecule has 1 aliphatic rings. The molecule has 1 fully saturated rings. The van der Waals surface area contributed by atoms with Crippen LogP contribution in [-0.4, -0.2) is 28.7 Å². The van der Waals surface area contributed by atoms with Gasteiger partial charge in [0.2, 0.25) is 0 Å². The molecule has 1 saturated heterocycles. The Balaban J connectivity index is 2.31. The smallest absolute Gasteiger partial charge is 0.322 e. The third-order valence-electron chi connectivity index (χ3n) is 3.99. The summed E-state index contributed by atoms with van der Waals surface area (Å²) < 4.78 is 0. The van der Waals surface area contributed by atoms with Gasteiger partial charge in [-0.15, -0.1) is 5.01 Å². The van der Waals surface area contributed by atoms with Crippen LogP contribution < -0.4 is 5.32 Å². The van der Waals surface area contributed by atoms with Crippen LogP contribution in [0.3, 0.4) is 0 Å². The van der Waals surface area contributed by atoms with E-state index >= 15 is 0 Å². The molecule has 0 bridgehead atoms. The van der Waals surface area contributed by atoms with Gasteiger partial charge in [-0.05, 0) is 45.2 Å². The number of nitrogens with zero attached hydrogens (tertiary/aromatic N) is 2. The van der Waals surface area contributed by atoms with Crippen molar-refractivity contribution in [3.8, 4) is 0 Å². The lowest BCUT2D eigenvalue weighted by molar-refractivity contribution is -0.130. The summed E-state index contributed by atoms with van der Waals surface area (Å²) in [5, 5.41) is 7.69. The molecular formula is C16H21N3O2. The van der Waals surface area contributed by atoms with Crippen LogP contribution in [0, 0.1) is 20.8 Å². The third-order valence-corrected chi connectivity index (χ3v) is 3.99. The molecule has 0 radical (unpaired) electrons. The lowest BCUT2D eigenvalue weighted by Gasteiger charge is -2.17. The number of hydrogen-bond acceptors (Lipinski definition) is 3. The van der Waals surface area contributed by atoms with Gasteiger partial charge in [0.25, 0.3) is 5.91 Å². The summed E-state index contributed by atoms with van der Waals surface area (Å²) in [6.45, 7) is 9.59. The average Bonchev–Trinajstić information content (AvgIpc) is 2.61. The number of nitrogens with one attached hydrogen (secondary N) is 1. The first-order valence-corrected chi connectivity index (χ1v) is 7.07. The molecule has 1 N–H and O–H groups in total. The molecule has 5 nitrogen and oxygen atoms in total. The maximum absolute atomic E-state index is 12.2. The van der Waals surface area contributed by atoms with E-state index in [1.807, 2.05) is 27.7 Å². The van der Waals surface area contributed by atoms with Gasteiger partial charge < -0.3 is 5.32 Å². The number of imide groups is 1. The molecule has 1 heterocycles. The fourth-order valence-electron chi connectivity index (χ4n) is 2.52. The first-order valence-electron chi connectivity index (χ1n) is 7.07. The van der Waals surface area contributed by atoms with Gasteiger partial charge in [0.15, 0.2) is 0 Å². The predicted molar refractivity (Wildman–Crippen MR) is 82.3 cm³/mol. The van der Waals surface area contributed by atoms with Crippen molar-refractivity contribution in [1.29, 1.82) is 0 Å². The summed E-state index contributed by atoms with van der Waals surface area (Å²) in [6.07, 6.45) is 2.12. The number of rotatable bonds is 3. The Labute approximate surface area is 125 Å². The van der Waals surface area contributed by atoms with E-state index in [1.165, 1.54) is 5.56 Å². The summed E-state index contributed by atoms with van der Waals surface area (Å²) in [6, 6.07) is 3.63. The van der Waals surface area contributed by atoms with Gasteiger partial charge in [0.1, 0.15) is 5.54 Å². The molecule has 0 saturated carbocycles. The Morgan fingerprint density at radius 3 is 2.29 bits per heavy atom. The first kappa shape index (κ1) is 15.2. The van der Waals surface area contributed by atoms with E-state index in [1.54, 1.807) is 13.1 Å². The van der Waals surface area contributed by atoms with Crippen molar-refractivity contribution in [2.45, 2.75) is 46.6 Å². The second kappa shape index (κ2) is 5.31. The topological polar surface area (TPSA) is 61.8 Å². The van der Waals surface area contributed by atoms with Gasteiger partial charge in [0, 0.05) is 5.56 Å². The van der Waals surface area contributed by atoms with Crippen LogP contribution in [0.15, 0.2) is 17.2 Å². The largest absolute Gasteiger partial charge is 0.346 e. The minimum absolute atomic E-state index is 0.311. The predicted octanol–water partition coefficient (Wildman–Crippen LogP) is 2.67. The van der Waals surface area contributed by atoms with Crippen molar-refractivity contribution in [1.82, 2.24) is 10.3 Å². The number of benzene rings is 1. The maximum atomic E-state index is 12.2. The molecule has 0 aliphatic carbocycles. The highest BCUT2D eigenvalue weighted by atomic mass is 16.2. The Kier molecular flexibility index (Phi) is 3.85. The van der Waals surface area contributed by atoms with Crippen molar-refractivity contribution >= 4 is 18.2 Å². The Bertz CT molecular complexity index is 613. The summed E-state index contributed by atoms with van der Waals surface area (Å²) in [7, 11) is 0. The molecule has 3 amide bonds. The van der Waals surface area contributed by atoms with Crippen LogP contribution in [0.25, 0.3) is 0 Å². The molecule has 1 aromatic carbocycles. The first-order chi connectivity index (χ1) is 9.78. The monoisotopic (exact) mass is 287 g/mol. The lowest BCUT2D eigenvalue weighted by atomic mass is 10.00. The van der Waals surface area contributed by atoms with Crippen LogP contribution in [0.2, 0.25) is 0 Å². The van der Waals surface area contributed by atoms with E-state index in [2.05, 4.69) is 22.6 Å². The van der Waals surface area contributed by atoms with E-state index in [9.17, 15) is 9.59 Å². The number of carbonyl (C=O) groups excluding carboxylic acids is 2. The second-order valence-corrected chi connectivity index (χ2v) is 5.79. The van der Waals surface area contributed by atoms with Crippen LogP contribution in [-0.2, 0) is 4.79 Å². The van der Waals surface area contributed by atoms with E-state index in [-0.39, 0.29) is 5.91 Å². The SMILES string of the molecule is CC[C@]1(C)NC(=O)N(/N=C\c2c(C)cc(C)cc2C)C1=O. The summed E-state index contributed by atoms with van der Waals surface area (Å²) in [5.41, 5.74) is 3.40.